The summed E-state index contributed by atoms with van der Waals surface area (Å²) < 4.78 is 0. The second-order valence-electron chi connectivity index (χ2n) is 9.89. The van der Waals surface area contributed by atoms with E-state index in [0.717, 1.165) is 59.3 Å². The minimum absolute atomic E-state index is 0.0757. The zero-order chi connectivity index (χ0) is 27.9. The Labute approximate surface area is 237 Å². The summed E-state index contributed by atoms with van der Waals surface area (Å²) in [6, 6.07) is 23.4. The van der Waals surface area contributed by atoms with Crippen LogP contribution in [0.25, 0.3) is 11.4 Å². The van der Waals surface area contributed by atoms with Crippen molar-refractivity contribution in [2.45, 2.75) is 39.5 Å². The molecule has 2 amide bonds. The Balaban J connectivity index is 1.60. The van der Waals surface area contributed by atoms with E-state index in [4.69, 9.17) is 0 Å². The van der Waals surface area contributed by atoms with E-state index in [1.54, 1.807) is 15.9 Å². The summed E-state index contributed by atoms with van der Waals surface area (Å²) in [5.41, 5.74) is 6.15. The maximum Gasteiger partial charge on any atom is 0.259 e. The average Bonchev–Trinajstić information content (AvgIpc) is 3.39. The molecule has 4 heteroatoms. The summed E-state index contributed by atoms with van der Waals surface area (Å²) in [5, 5.41) is 0. The van der Waals surface area contributed by atoms with Crippen LogP contribution in [0, 0.1) is 23.7 Å². The van der Waals surface area contributed by atoms with Gasteiger partial charge in [0.1, 0.15) is 0 Å². The number of fused-ring (bicyclic) bond motifs is 2. The lowest BCUT2D eigenvalue weighted by Gasteiger charge is -2.18. The molecular weight excluding hydrogens is 492 g/mol. The van der Waals surface area contributed by atoms with Crippen molar-refractivity contribution in [3.05, 3.63) is 118 Å². The Morgan fingerprint density at radius 3 is 1.40 bits per heavy atom. The van der Waals surface area contributed by atoms with Crippen LogP contribution in [0.15, 0.2) is 84.9 Å². The summed E-state index contributed by atoms with van der Waals surface area (Å²) in [6.07, 6.45) is 7.38. The smallest absolute Gasteiger partial charge is 0.259 e. The number of allylic oxidation sites excluding steroid dienone is 2. The van der Waals surface area contributed by atoms with E-state index in [9.17, 15) is 9.59 Å². The zero-order valence-electron chi connectivity index (χ0n) is 23.0. The van der Waals surface area contributed by atoms with Crippen molar-refractivity contribution in [3.8, 4) is 23.7 Å². The van der Waals surface area contributed by atoms with Gasteiger partial charge >= 0.3 is 0 Å². The first-order chi connectivity index (χ1) is 19.6. The molecule has 2 aliphatic rings. The second-order valence-corrected chi connectivity index (χ2v) is 9.89. The van der Waals surface area contributed by atoms with E-state index in [-0.39, 0.29) is 11.8 Å². The Hall–Kier alpha value is -4.80. The molecule has 2 aliphatic heterocycles. The first-order valence-corrected chi connectivity index (χ1v) is 14.0. The lowest BCUT2D eigenvalue weighted by Crippen LogP contribution is -2.25. The quantitative estimate of drug-likeness (QED) is 0.326. The zero-order valence-corrected chi connectivity index (χ0v) is 23.0. The molecule has 4 nitrogen and oxygen atoms in total. The van der Waals surface area contributed by atoms with Crippen molar-refractivity contribution in [2.75, 3.05) is 13.1 Å². The van der Waals surface area contributed by atoms with Crippen LogP contribution < -0.4 is 0 Å². The molecule has 198 valence electrons. The van der Waals surface area contributed by atoms with Crippen molar-refractivity contribution >= 4 is 23.2 Å². The minimum Gasteiger partial charge on any atom is -0.307 e. The molecule has 0 aromatic heterocycles. The fraction of sp³-hybridized carbons (Fsp3) is 0.222. The monoisotopic (exact) mass is 524 g/mol. The fourth-order valence-electron chi connectivity index (χ4n) is 4.98. The Morgan fingerprint density at radius 2 is 1.00 bits per heavy atom. The van der Waals surface area contributed by atoms with Crippen molar-refractivity contribution in [2.24, 2.45) is 0 Å². The Bertz CT molecular complexity index is 1490. The summed E-state index contributed by atoms with van der Waals surface area (Å²) in [5.74, 6) is 12.5. The number of amides is 2. The van der Waals surface area contributed by atoms with Gasteiger partial charge in [0.15, 0.2) is 0 Å². The van der Waals surface area contributed by atoms with E-state index in [1.807, 2.05) is 78.9 Å². The summed E-state index contributed by atoms with van der Waals surface area (Å²) >= 11 is 0. The third-order valence-corrected chi connectivity index (χ3v) is 7.11. The number of rotatable bonds is 6. The summed E-state index contributed by atoms with van der Waals surface area (Å²) in [4.78, 5) is 30.8. The van der Waals surface area contributed by atoms with Crippen molar-refractivity contribution in [1.82, 2.24) is 9.80 Å². The van der Waals surface area contributed by atoms with Crippen molar-refractivity contribution in [3.63, 3.8) is 0 Å². The van der Waals surface area contributed by atoms with Crippen LogP contribution in [0.4, 0.5) is 0 Å². The van der Waals surface area contributed by atoms with Crippen LogP contribution >= 0.6 is 0 Å². The van der Waals surface area contributed by atoms with Gasteiger partial charge in [-0.1, -0.05) is 86.8 Å². The highest BCUT2D eigenvalue weighted by atomic mass is 16.2. The predicted molar refractivity (Wildman–Crippen MR) is 161 cm³/mol. The molecule has 0 aliphatic carbocycles. The van der Waals surface area contributed by atoms with Crippen LogP contribution in [0.5, 0.6) is 0 Å². The number of carbonyl (C=O) groups excluding carboxylic acids is 2. The van der Waals surface area contributed by atoms with Crippen LogP contribution in [-0.4, -0.2) is 34.7 Å². The highest BCUT2D eigenvalue weighted by Crippen LogP contribution is 2.41. The molecule has 0 N–H and O–H groups in total. The largest absolute Gasteiger partial charge is 0.307 e. The molecule has 0 saturated heterocycles. The van der Waals surface area contributed by atoms with E-state index < -0.39 is 0 Å². The van der Waals surface area contributed by atoms with Gasteiger partial charge in [0.25, 0.3) is 11.8 Å². The van der Waals surface area contributed by atoms with Gasteiger partial charge in [-0.05, 0) is 49.2 Å². The van der Waals surface area contributed by atoms with E-state index in [2.05, 4.69) is 37.5 Å². The van der Waals surface area contributed by atoms with Gasteiger partial charge in [-0.2, -0.15) is 0 Å². The number of nitrogens with zero attached hydrogens (tertiary/aromatic N) is 2. The van der Waals surface area contributed by atoms with Crippen LogP contribution in [0.1, 0.15) is 82.5 Å². The number of unbranched alkanes of at least 4 members (excludes halogenated alkanes) is 2. The molecule has 40 heavy (non-hydrogen) atoms. The molecule has 0 atom stereocenters. The average molecular weight is 525 g/mol. The van der Waals surface area contributed by atoms with Crippen LogP contribution in [-0.2, 0) is 0 Å². The molecule has 0 spiro atoms. The van der Waals surface area contributed by atoms with Crippen LogP contribution in [0.3, 0.4) is 0 Å². The lowest BCUT2D eigenvalue weighted by molar-refractivity contribution is 0.0847. The van der Waals surface area contributed by atoms with Crippen molar-refractivity contribution < 1.29 is 9.59 Å². The van der Waals surface area contributed by atoms with Crippen molar-refractivity contribution in [1.29, 1.82) is 0 Å². The summed E-state index contributed by atoms with van der Waals surface area (Å²) in [7, 11) is 0. The molecule has 5 rings (SSSR count). The van der Waals surface area contributed by atoms with Gasteiger partial charge in [0.2, 0.25) is 0 Å². The predicted octanol–water partition coefficient (Wildman–Crippen LogP) is 6.98. The molecular formula is C36H32N2O2. The molecule has 3 aromatic carbocycles. The number of hydrogen-bond acceptors (Lipinski definition) is 2. The standard InChI is InChI=1S/C36H32N2O2/c1-3-5-23-37-33(21-13-19-27-15-9-7-10-16-27)29-25-30-32(26-31(29)35(37)39)36(40)38(24-6-4-2)34(30)22-14-20-28-17-11-8-12-18-28/h7-12,15-18,21-22,25-26H,3-6,23-24H2,1-2H3/b33-21-,34-22-. The second kappa shape index (κ2) is 12.4. The van der Waals surface area contributed by atoms with E-state index in [0.29, 0.717) is 24.2 Å². The molecule has 0 bridgehead atoms. The molecule has 0 unspecified atom stereocenters. The van der Waals surface area contributed by atoms with Gasteiger partial charge in [-0.25, -0.2) is 0 Å². The maximum atomic E-state index is 13.6. The molecule has 3 aromatic rings. The van der Waals surface area contributed by atoms with Crippen LogP contribution in [0.2, 0.25) is 0 Å². The molecule has 0 radical (unpaired) electrons. The molecule has 0 fully saturated rings. The first kappa shape index (κ1) is 26.8. The third kappa shape index (κ3) is 5.49. The highest BCUT2D eigenvalue weighted by Gasteiger charge is 2.38. The van der Waals surface area contributed by atoms with E-state index in [1.165, 1.54) is 0 Å². The fourth-order valence-corrected chi connectivity index (χ4v) is 4.98. The lowest BCUT2D eigenvalue weighted by atomic mass is 9.98. The number of carbonyl (C=O) groups is 2. The normalized spacial score (nSPS) is 15.6. The number of hydrogen-bond donors (Lipinski definition) is 0. The van der Waals surface area contributed by atoms with Gasteiger partial charge < -0.3 is 9.80 Å². The van der Waals surface area contributed by atoms with Gasteiger partial charge in [0, 0.05) is 47.5 Å². The molecule has 2 heterocycles. The number of benzene rings is 3. The van der Waals surface area contributed by atoms with E-state index >= 15 is 0 Å². The van der Waals surface area contributed by atoms with Gasteiger partial charge in [-0.15, -0.1) is 0 Å². The van der Waals surface area contributed by atoms with Gasteiger partial charge in [-0.3, -0.25) is 9.59 Å². The third-order valence-electron chi connectivity index (χ3n) is 7.11. The summed E-state index contributed by atoms with van der Waals surface area (Å²) in [6.45, 7) is 5.43. The SMILES string of the molecule is CCCCN1C(=O)c2cc3c(cc2/C1=C/C#Cc1ccccc1)/C(=C/C#Cc1ccccc1)N(CCCC)C3=O. The Kier molecular flexibility index (Phi) is 8.29. The topological polar surface area (TPSA) is 40.6 Å². The molecule has 0 saturated carbocycles. The first-order valence-electron chi connectivity index (χ1n) is 14.0. The maximum absolute atomic E-state index is 13.6. The van der Waals surface area contributed by atoms with Gasteiger partial charge in [0.05, 0.1) is 22.5 Å². The minimum atomic E-state index is -0.0757. The highest BCUT2D eigenvalue weighted by molar-refractivity contribution is 6.15. The Morgan fingerprint density at radius 1 is 0.600 bits per heavy atom.